The van der Waals surface area contributed by atoms with Crippen LogP contribution in [-0.4, -0.2) is 38.1 Å². The van der Waals surface area contributed by atoms with E-state index in [1.165, 1.54) is 12.8 Å². The smallest absolute Gasteiger partial charge is 0.251 e. The zero-order chi connectivity index (χ0) is 16.5. The van der Waals surface area contributed by atoms with Crippen molar-refractivity contribution in [3.8, 4) is 0 Å². The van der Waals surface area contributed by atoms with E-state index in [0.29, 0.717) is 31.7 Å². The van der Waals surface area contributed by atoms with Crippen LogP contribution < -0.4 is 10.6 Å². The molecule has 1 aromatic carbocycles. The van der Waals surface area contributed by atoms with Crippen LogP contribution in [0.5, 0.6) is 0 Å². The Bertz CT molecular complexity index is 527. The van der Waals surface area contributed by atoms with Gasteiger partial charge in [0.1, 0.15) is 0 Å². The predicted octanol–water partition coefficient (Wildman–Crippen LogP) is 2.05. The van der Waals surface area contributed by atoms with Crippen molar-refractivity contribution in [3.05, 3.63) is 35.4 Å². The zero-order valence-electron chi connectivity index (χ0n) is 13.8. The summed E-state index contributed by atoms with van der Waals surface area (Å²) in [6, 6.07) is 7.39. The number of aryl methyl sites for hydroxylation is 1. The topological polar surface area (TPSA) is 67.4 Å². The average molecular weight is 318 g/mol. The van der Waals surface area contributed by atoms with Gasteiger partial charge in [-0.1, -0.05) is 17.7 Å². The molecule has 0 atom stereocenters. The Hall–Kier alpha value is -1.88. The van der Waals surface area contributed by atoms with Crippen LogP contribution >= 0.6 is 0 Å². The molecule has 1 aliphatic rings. The lowest BCUT2D eigenvalue weighted by atomic mass is 10.1. The summed E-state index contributed by atoms with van der Waals surface area (Å²) in [6.07, 6.45) is 3.71. The highest BCUT2D eigenvalue weighted by molar-refractivity contribution is 5.94. The number of hydrogen-bond donors (Lipinski definition) is 2. The minimum Gasteiger partial charge on any atom is -0.381 e. The standard InChI is InChI=1S/C18H26N2O3/c1-14-4-2-5-16(12-14)18(22)20-10-8-17(21)19-9-3-11-23-13-15-6-7-15/h2,4-5,12,15H,3,6-11,13H2,1H3,(H,19,21)(H,20,22). The molecule has 0 unspecified atom stereocenters. The number of carbonyl (C=O) groups excluding carboxylic acids is 2. The molecule has 1 aliphatic carbocycles. The zero-order valence-corrected chi connectivity index (χ0v) is 13.8. The molecule has 0 saturated heterocycles. The molecule has 0 aromatic heterocycles. The van der Waals surface area contributed by atoms with E-state index < -0.39 is 0 Å². The molecule has 2 N–H and O–H groups in total. The van der Waals surface area contributed by atoms with Gasteiger partial charge < -0.3 is 15.4 Å². The molecule has 5 nitrogen and oxygen atoms in total. The van der Waals surface area contributed by atoms with E-state index in [1.807, 2.05) is 25.1 Å². The Morgan fingerprint density at radius 3 is 2.78 bits per heavy atom. The molecule has 0 heterocycles. The van der Waals surface area contributed by atoms with Gasteiger partial charge in [-0.15, -0.1) is 0 Å². The minimum absolute atomic E-state index is 0.0447. The summed E-state index contributed by atoms with van der Waals surface area (Å²) in [5.74, 6) is 0.591. The summed E-state index contributed by atoms with van der Waals surface area (Å²) in [5, 5.41) is 5.60. The second kappa shape index (κ2) is 9.30. The van der Waals surface area contributed by atoms with Gasteiger partial charge in [0.25, 0.3) is 5.91 Å². The minimum atomic E-state index is -0.144. The molecule has 1 saturated carbocycles. The van der Waals surface area contributed by atoms with Gasteiger partial charge in [0.2, 0.25) is 5.91 Å². The van der Waals surface area contributed by atoms with Gasteiger partial charge in [-0.05, 0) is 44.2 Å². The molecule has 5 heteroatoms. The Kier molecular flexibility index (Phi) is 7.07. The highest BCUT2D eigenvalue weighted by Crippen LogP contribution is 2.28. The number of amides is 2. The number of carbonyl (C=O) groups is 2. The first-order chi connectivity index (χ1) is 11.1. The fourth-order valence-electron chi connectivity index (χ4n) is 2.20. The van der Waals surface area contributed by atoms with Gasteiger partial charge in [-0.3, -0.25) is 9.59 Å². The SMILES string of the molecule is Cc1cccc(C(=O)NCCC(=O)NCCCOCC2CC2)c1. The fraction of sp³-hybridized carbons (Fsp3) is 0.556. The molecule has 0 bridgehead atoms. The second-order valence-corrected chi connectivity index (χ2v) is 6.10. The lowest BCUT2D eigenvalue weighted by Crippen LogP contribution is -2.31. The van der Waals surface area contributed by atoms with Gasteiger partial charge in [-0.25, -0.2) is 0 Å². The van der Waals surface area contributed by atoms with E-state index in [1.54, 1.807) is 6.07 Å². The van der Waals surface area contributed by atoms with Crippen LogP contribution in [0.4, 0.5) is 0 Å². The third kappa shape index (κ3) is 7.28. The van der Waals surface area contributed by atoms with E-state index in [9.17, 15) is 9.59 Å². The highest BCUT2D eigenvalue weighted by atomic mass is 16.5. The van der Waals surface area contributed by atoms with Crippen molar-refractivity contribution in [1.29, 1.82) is 0 Å². The summed E-state index contributed by atoms with van der Waals surface area (Å²) in [5.41, 5.74) is 1.66. The maximum atomic E-state index is 11.9. The number of hydrogen-bond acceptors (Lipinski definition) is 3. The molecule has 126 valence electrons. The summed E-state index contributed by atoms with van der Waals surface area (Å²) < 4.78 is 5.50. The third-order valence-electron chi connectivity index (χ3n) is 3.76. The first-order valence-electron chi connectivity index (χ1n) is 8.34. The third-order valence-corrected chi connectivity index (χ3v) is 3.76. The number of benzene rings is 1. The lowest BCUT2D eigenvalue weighted by Gasteiger charge is -2.07. The van der Waals surface area contributed by atoms with Crippen LogP contribution in [0.2, 0.25) is 0 Å². The van der Waals surface area contributed by atoms with E-state index >= 15 is 0 Å². The summed E-state index contributed by atoms with van der Waals surface area (Å²) in [4.78, 5) is 23.6. The molecule has 0 aliphatic heterocycles. The maximum absolute atomic E-state index is 11.9. The largest absolute Gasteiger partial charge is 0.381 e. The second-order valence-electron chi connectivity index (χ2n) is 6.10. The quantitative estimate of drug-likeness (QED) is 0.649. The molecule has 1 fully saturated rings. The van der Waals surface area contributed by atoms with Crippen molar-refractivity contribution >= 4 is 11.8 Å². The average Bonchev–Trinajstić information content (AvgIpc) is 3.35. The first-order valence-corrected chi connectivity index (χ1v) is 8.34. The van der Waals surface area contributed by atoms with E-state index in [4.69, 9.17) is 4.74 Å². The Labute approximate surface area is 137 Å². The molecule has 0 radical (unpaired) electrons. The van der Waals surface area contributed by atoms with Crippen molar-refractivity contribution < 1.29 is 14.3 Å². The summed E-state index contributed by atoms with van der Waals surface area (Å²) in [7, 11) is 0. The fourth-order valence-corrected chi connectivity index (χ4v) is 2.20. The van der Waals surface area contributed by atoms with Crippen LogP contribution in [0.25, 0.3) is 0 Å². The van der Waals surface area contributed by atoms with Crippen molar-refractivity contribution in [1.82, 2.24) is 10.6 Å². The van der Waals surface area contributed by atoms with Crippen molar-refractivity contribution in [2.45, 2.75) is 32.6 Å². The number of ether oxygens (including phenoxy) is 1. The van der Waals surface area contributed by atoms with E-state index in [2.05, 4.69) is 10.6 Å². The van der Waals surface area contributed by atoms with Crippen molar-refractivity contribution in [2.75, 3.05) is 26.3 Å². The van der Waals surface area contributed by atoms with Crippen molar-refractivity contribution in [2.24, 2.45) is 5.92 Å². The first kappa shape index (κ1) is 17.5. The van der Waals surface area contributed by atoms with E-state index in [-0.39, 0.29) is 11.8 Å². The van der Waals surface area contributed by atoms with Crippen LogP contribution in [0, 0.1) is 12.8 Å². The molecule has 0 spiro atoms. The Morgan fingerprint density at radius 2 is 2.04 bits per heavy atom. The maximum Gasteiger partial charge on any atom is 0.251 e. The van der Waals surface area contributed by atoms with E-state index in [0.717, 1.165) is 24.5 Å². The molecular weight excluding hydrogens is 292 g/mol. The van der Waals surface area contributed by atoms with Gasteiger partial charge in [0.05, 0.1) is 0 Å². The number of rotatable bonds is 10. The summed E-state index contributed by atoms with van der Waals surface area (Å²) in [6.45, 7) is 4.46. The van der Waals surface area contributed by atoms with Crippen molar-refractivity contribution in [3.63, 3.8) is 0 Å². The predicted molar refractivity (Wildman–Crippen MR) is 89.3 cm³/mol. The molecule has 23 heavy (non-hydrogen) atoms. The van der Waals surface area contributed by atoms with Crippen LogP contribution in [-0.2, 0) is 9.53 Å². The van der Waals surface area contributed by atoms with Gasteiger partial charge in [0.15, 0.2) is 0 Å². The van der Waals surface area contributed by atoms with Crippen LogP contribution in [0.1, 0.15) is 41.6 Å². The lowest BCUT2D eigenvalue weighted by molar-refractivity contribution is -0.121. The monoisotopic (exact) mass is 318 g/mol. The van der Waals surface area contributed by atoms with Crippen LogP contribution in [0.3, 0.4) is 0 Å². The Morgan fingerprint density at radius 1 is 1.22 bits per heavy atom. The van der Waals surface area contributed by atoms with Gasteiger partial charge in [-0.2, -0.15) is 0 Å². The van der Waals surface area contributed by atoms with Crippen LogP contribution in [0.15, 0.2) is 24.3 Å². The number of nitrogens with one attached hydrogen (secondary N) is 2. The van der Waals surface area contributed by atoms with Gasteiger partial charge in [0, 0.05) is 38.3 Å². The molecule has 2 rings (SSSR count). The Balaban J connectivity index is 1.49. The molecule has 2 amide bonds. The summed E-state index contributed by atoms with van der Waals surface area (Å²) >= 11 is 0. The van der Waals surface area contributed by atoms with Gasteiger partial charge >= 0.3 is 0 Å². The highest BCUT2D eigenvalue weighted by Gasteiger charge is 2.20. The normalized spacial score (nSPS) is 13.6. The molecule has 1 aromatic rings. The molecular formula is C18H26N2O3.